The van der Waals surface area contributed by atoms with E-state index in [2.05, 4.69) is 35.0 Å². The van der Waals surface area contributed by atoms with Crippen molar-refractivity contribution >= 4 is 29.2 Å². The van der Waals surface area contributed by atoms with Crippen molar-refractivity contribution in [2.24, 2.45) is 4.99 Å². The summed E-state index contributed by atoms with van der Waals surface area (Å²) in [4.78, 5) is 6.96. The lowest BCUT2D eigenvalue weighted by Crippen LogP contribution is -2.18. The van der Waals surface area contributed by atoms with Crippen molar-refractivity contribution < 1.29 is 4.74 Å². The number of hydrogen-bond acceptors (Lipinski definition) is 3. The molecule has 0 bridgehead atoms. The van der Waals surface area contributed by atoms with Crippen molar-refractivity contribution in [3.63, 3.8) is 0 Å². The van der Waals surface area contributed by atoms with Gasteiger partial charge in [-0.05, 0) is 61.2 Å². The zero-order valence-electron chi connectivity index (χ0n) is 13.6. The zero-order chi connectivity index (χ0) is 16.2. The van der Waals surface area contributed by atoms with Crippen molar-refractivity contribution in [3.8, 4) is 5.75 Å². The van der Waals surface area contributed by atoms with Crippen LogP contribution in [0.15, 0.2) is 41.4 Å². The first-order valence-electron chi connectivity index (χ1n) is 7.90. The molecule has 3 nitrogen and oxygen atoms in total. The summed E-state index contributed by atoms with van der Waals surface area (Å²) in [7, 11) is 1.61. The van der Waals surface area contributed by atoms with E-state index >= 15 is 0 Å². The predicted octanol–water partition coefficient (Wildman–Crippen LogP) is 5.01. The van der Waals surface area contributed by atoms with Gasteiger partial charge in [-0.15, -0.1) is 0 Å². The van der Waals surface area contributed by atoms with E-state index in [0.717, 1.165) is 11.3 Å². The Kier molecular flexibility index (Phi) is 4.87. The Labute approximate surface area is 142 Å². The average Bonchev–Trinajstić information content (AvgIpc) is 3.07. The van der Waals surface area contributed by atoms with Crippen LogP contribution in [0.25, 0.3) is 0 Å². The highest BCUT2D eigenvalue weighted by molar-refractivity contribution is 6.32. The van der Waals surface area contributed by atoms with Gasteiger partial charge in [0.05, 0.1) is 17.8 Å². The van der Waals surface area contributed by atoms with Crippen LogP contribution in [0, 0.1) is 6.92 Å². The van der Waals surface area contributed by atoms with Crippen LogP contribution in [0.5, 0.6) is 5.75 Å². The molecule has 1 heterocycles. The SMILES string of the molecule is COc1ccc(N=Cc2ccc(N3CCCC3)c(C)c2)cc1Cl. The fourth-order valence-electron chi connectivity index (χ4n) is 2.96. The van der Waals surface area contributed by atoms with E-state index < -0.39 is 0 Å². The molecular weight excluding hydrogens is 308 g/mol. The first-order chi connectivity index (χ1) is 11.2. The topological polar surface area (TPSA) is 24.8 Å². The molecule has 0 aromatic heterocycles. The molecule has 0 radical (unpaired) electrons. The van der Waals surface area contributed by atoms with Crippen LogP contribution in [0.4, 0.5) is 11.4 Å². The fraction of sp³-hybridized carbons (Fsp3) is 0.316. The Morgan fingerprint density at radius 2 is 1.91 bits per heavy atom. The van der Waals surface area contributed by atoms with E-state index in [1.54, 1.807) is 7.11 Å². The molecule has 0 N–H and O–H groups in total. The molecule has 0 spiro atoms. The summed E-state index contributed by atoms with van der Waals surface area (Å²) in [5.74, 6) is 0.663. The highest BCUT2D eigenvalue weighted by atomic mass is 35.5. The van der Waals surface area contributed by atoms with Crippen LogP contribution >= 0.6 is 11.6 Å². The van der Waals surface area contributed by atoms with E-state index in [0.29, 0.717) is 10.8 Å². The number of halogens is 1. The molecule has 4 heteroatoms. The second-order valence-electron chi connectivity index (χ2n) is 5.82. The summed E-state index contributed by atoms with van der Waals surface area (Å²) in [5.41, 5.74) is 4.55. The predicted molar refractivity (Wildman–Crippen MR) is 97.9 cm³/mol. The Bertz CT molecular complexity index is 721. The molecule has 0 unspecified atom stereocenters. The number of methoxy groups -OCH3 is 1. The first-order valence-corrected chi connectivity index (χ1v) is 8.28. The van der Waals surface area contributed by atoms with Gasteiger partial charge in [0.2, 0.25) is 0 Å². The molecule has 2 aromatic carbocycles. The molecule has 1 fully saturated rings. The van der Waals surface area contributed by atoms with Crippen LogP contribution in [0.2, 0.25) is 5.02 Å². The number of anilines is 1. The van der Waals surface area contributed by atoms with Gasteiger partial charge in [-0.2, -0.15) is 0 Å². The van der Waals surface area contributed by atoms with Gasteiger partial charge in [-0.25, -0.2) is 0 Å². The van der Waals surface area contributed by atoms with Crippen molar-refractivity contribution in [3.05, 3.63) is 52.5 Å². The molecule has 2 aromatic rings. The second kappa shape index (κ2) is 7.05. The molecule has 1 aliphatic rings. The summed E-state index contributed by atoms with van der Waals surface area (Å²) >= 11 is 6.13. The molecule has 0 saturated carbocycles. The summed E-state index contributed by atoms with van der Waals surface area (Å²) in [6, 6.07) is 12.0. The van der Waals surface area contributed by atoms with E-state index in [4.69, 9.17) is 16.3 Å². The minimum Gasteiger partial charge on any atom is -0.495 e. The largest absolute Gasteiger partial charge is 0.495 e. The number of aliphatic imine (C=N–C) groups is 1. The van der Waals surface area contributed by atoms with Gasteiger partial charge in [0.1, 0.15) is 5.75 Å². The van der Waals surface area contributed by atoms with E-state index in [1.165, 1.54) is 37.2 Å². The lowest BCUT2D eigenvalue weighted by Gasteiger charge is -2.20. The molecule has 0 amide bonds. The minimum absolute atomic E-state index is 0.572. The standard InChI is InChI=1S/C19H21ClN2O/c1-14-11-15(5-7-18(14)22-9-3-4-10-22)13-21-16-6-8-19(23-2)17(20)12-16/h5-8,11-13H,3-4,9-10H2,1-2H3. The lowest BCUT2D eigenvalue weighted by molar-refractivity contribution is 0.415. The average molecular weight is 329 g/mol. The maximum Gasteiger partial charge on any atom is 0.137 e. The number of aryl methyl sites for hydroxylation is 1. The number of hydrogen-bond donors (Lipinski definition) is 0. The van der Waals surface area contributed by atoms with Crippen LogP contribution in [-0.4, -0.2) is 26.4 Å². The Hall–Kier alpha value is -2.00. The Morgan fingerprint density at radius 1 is 1.13 bits per heavy atom. The van der Waals surface area contributed by atoms with Gasteiger partial charge >= 0.3 is 0 Å². The molecular formula is C19H21ClN2O. The number of rotatable bonds is 4. The van der Waals surface area contributed by atoms with Gasteiger partial charge in [-0.3, -0.25) is 4.99 Å². The maximum atomic E-state index is 6.13. The minimum atomic E-state index is 0.572. The van der Waals surface area contributed by atoms with Gasteiger partial charge in [0, 0.05) is 25.0 Å². The fourth-order valence-corrected chi connectivity index (χ4v) is 3.21. The maximum absolute atomic E-state index is 6.13. The molecule has 120 valence electrons. The third kappa shape index (κ3) is 3.67. The Morgan fingerprint density at radius 3 is 2.57 bits per heavy atom. The third-order valence-corrected chi connectivity index (χ3v) is 4.46. The van der Waals surface area contributed by atoms with Gasteiger partial charge in [-0.1, -0.05) is 17.7 Å². The van der Waals surface area contributed by atoms with E-state index in [-0.39, 0.29) is 0 Å². The molecule has 23 heavy (non-hydrogen) atoms. The summed E-state index contributed by atoms with van der Waals surface area (Å²) in [6.07, 6.45) is 4.46. The zero-order valence-corrected chi connectivity index (χ0v) is 14.3. The monoisotopic (exact) mass is 328 g/mol. The van der Waals surface area contributed by atoms with Gasteiger partial charge in [0.25, 0.3) is 0 Å². The van der Waals surface area contributed by atoms with E-state index in [9.17, 15) is 0 Å². The van der Waals surface area contributed by atoms with Crippen molar-refractivity contribution in [1.29, 1.82) is 0 Å². The highest BCUT2D eigenvalue weighted by Crippen LogP contribution is 2.29. The number of nitrogens with zero attached hydrogens (tertiary/aromatic N) is 2. The smallest absolute Gasteiger partial charge is 0.137 e. The summed E-state index contributed by atoms with van der Waals surface area (Å²) in [5, 5.41) is 0.572. The van der Waals surface area contributed by atoms with Crippen LogP contribution in [0.1, 0.15) is 24.0 Å². The van der Waals surface area contributed by atoms with Gasteiger partial charge in [0.15, 0.2) is 0 Å². The van der Waals surface area contributed by atoms with Crippen LogP contribution < -0.4 is 9.64 Å². The summed E-state index contributed by atoms with van der Waals surface area (Å²) in [6.45, 7) is 4.49. The normalized spacial score (nSPS) is 14.7. The van der Waals surface area contributed by atoms with Crippen LogP contribution in [-0.2, 0) is 0 Å². The highest BCUT2D eigenvalue weighted by Gasteiger charge is 2.13. The molecule has 0 aliphatic carbocycles. The van der Waals surface area contributed by atoms with Crippen molar-refractivity contribution in [2.75, 3.05) is 25.1 Å². The number of benzene rings is 2. The van der Waals surface area contributed by atoms with Gasteiger partial charge < -0.3 is 9.64 Å². The van der Waals surface area contributed by atoms with E-state index in [1.807, 2.05) is 24.4 Å². The quantitative estimate of drug-likeness (QED) is 0.737. The molecule has 1 saturated heterocycles. The molecule has 3 rings (SSSR count). The molecule has 1 aliphatic heterocycles. The second-order valence-corrected chi connectivity index (χ2v) is 6.22. The lowest BCUT2D eigenvalue weighted by atomic mass is 10.1. The van der Waals surface area contributed by atoms with Crippen molar-refractivity contribution in [2.45, 2.75) is 19.8 Å². The summed E-state index contributed by atoms with van der Waals surface area (Å²) < 4.78 is 5.15. The first kappa shape index (κ1) is 15.9. The molecule has 0 atom stereocenters. The third-order valence-electron chi connectivity index (χ3n) is 4.17. The Balaban J connectivity index is 1.77. The number of ether oxygens (including phenoxy) is 1. The van der Waals surface area contributed by atoms with Crippen molar-refractivity contribution in [1.82, 2.24) is 0 Å². The van der Waals surface area contributed by atoms with Crippen LogP contribution in [0.3, 0.4) is 0 Å².